The molecule has 0 atom stereocenters. The normalized spacial score (nSPS) is 13.4. The van der Waals surface area contributed by atoms with Crippen LogP contribution in [0.2, 0.25) is 0 Å². The van der Waals surface area contributed by atoms with Gasteiger partial charge in [0.05, 0.1) is 16.3 Å². The summed E-state index contributed by atoms with van der Waals surface area (Å²) in [5.41, 5.74) is 1.39. The lowest BCUT2D eigenvalue weighted by Crippen LogP contribution is -2.26. The molecule has 0 fully saturated rings. The van der Waals surface area contributed by atoms with Crippen molar-refractivity contribution >= 4 is 23.2 Å². The Hall–Kier alpha value is -2.28. The second-order valence-electron chi connectivity index (χ2n) is 5.43. The number of carbonyl (C=O) groups excluding carboxylic acids is 1. The van der Waals surface area contributed by atoms with Gasteiger partial charge in [-0.05, 0) is 37.8 Å². The molecule has 0 aliphatic heterocycles. The first-order valence-electron chi connectivity index (χ1n) is 7.58. The molecule has 3 rings (SSSR count). The van der Waals surface area contributed by atoms with Gasteiger partial charge in [0.1, 0.15) is 5.69 Å². The lowest BCUT2D eigenvalue weighted by atomic mass is 10.0. The van der Waals surface area contributed by atoms with Crippen molar-refractivity contribution in [3.63, 3.8) is 0 Å². The number of aromatic carboxylic acids is 1. The minimum absolute atomic E-state index is 0.0535. The number of carbonyl (C=O) groups is 2. The van der Waals surface area contributed by atoms with Crippen LogP contribution in [0, 0.1) is 0 Å². The van der Waals surface area contributed by atoms with E-state index in [-0.39, 0.29) is 17.2 Å². The van der Waals surface area contributed by atoms with Crippen LogP contribution in [0.3, 0.4) is 0 Å². The molecule has 0 aromatic carbocycles. The molecule has 1 aliphatic rings. The summed E-state index contributed by atoms with van der Waals surface area (Å²) in [6, 6.07) is 2.64. The van der Waals surface area contributed by atoms with Gasteiger partial charge in [0.2, 0.25) is 0 Å². The van der Waals surface area contributed by atoms with Crippen LogP contribution in [-0.4, -0.2) is 33.5 Å². The predicted octanol–water partition coefficient (Wildman–Crippen LogP) is 2.09. The van der Waals surface area contributed by atoms with Crippen molar-refractivity contribution < 1.29 is 14.7 Å². The fourth-order valence-electron chi connectivity index (χ4n) is 2.57. The van der Waals surface area contributed by atoms with Crippen molar-refractivity contribution in [2.45, 2.75) is 32.1 Å². The van der Waals surface area contributed by atoms with Gasteiger partial charge in [-0.25, -0.2) is 9.78 Å². The third kappa shape index (κ3) is 3.73. The van der Waals surface area contributed by atoms with Crippen molar-refractivity contribution in [2.24, 2.45) is 0 Å². The number of nitrogens with one attached hydrogen (secondary N) is 1. The van der Waals surface area contributed by atoms with E-state index in [1.807, 2.05) is 0 Å². The minimum Gasteiger partial charge on any atom is -0.478 e. The van der Waals surface area contributed by atoms with E-state index in [1.165, 1.54) is 41.7 Å². The lowest BCUT2D eigenvalue weighted by molar-refractivity contribution is 0.0696. The number of amides is 1. The molecule has 2 aromatic rings. The summed E-state index contributed by atoms with van der Waals surface area (Å²) in [5, 5.41) is 12.7. The van der Waals surface area contributed by atoms with E-state index in [0.717, 1.165) is 17.8 Å². The summed E-state index contributed by atoms with van der Waals surface area (Å²) in [6.45, 7) is 0.463. The van der Waals surface area contributed by atoms with E-state index in [2.05, 4.69) is 15.3 Å². The number of hydrogen-bond acceptors (Lipinski definition) is 5. The van der Waals surface area contributed by atoms with Crippen molar-refractivity contribution in [1.29, 1.82) is 0 Å². The number of carboxylic acid groups (broad SMARTS) is 1. The highest BCUT2D eigenvalue weighted by molar-refractivity contribution is 7.11. The summed E-state index contributed by atoms with van der Waals surface area (Å²) in [7, 11) is 0. The molecular formula is C16H17N3O3S. The summed E-state index contributed by atoms with van der Waals surface area (Å²) in [6.07, 6.45) is 6.63. The number of pyridine rings is 1. The first kappa shape index (κ1) is 15.6. The third-order valence-corrected chi connectivity index (χ3v) is 4.97. The molecule has 0 spiro atoms. The molecule has 0 bridgehead atoms. The van der Waals surface area contributed by atoms with E-state index < -0.39 is 5.97 Å². The van der Waals surface area contributed by atoms with Gasteiger partial charge >= 0.3 is 5.97 Å². The molecule has 120 valence electrons. The second kappa shape index (κ2) is 6.87. The first-order chi connectivity index (χ1) is 11.1. The molecule has 2 N–H and O–H groups in total. The second-order valence-corrected chi connectivity index (χ2v) is 6.59. The van der Waals surface area contributed by atoms with Gasteiger partial charge in [-0.1, -0.05) is 0 Å². The number of aryl methyl sites for hydroxylation is 2. The topological polar surface area (TPSA) is 92.2 Å². The van der Waals surface area contributed by atoms with Crippen LogP contribution in [0.4, 0.5) is 0 Å². The molecule has 1 amide bonds. The van der Waals surface area contributed by atoms with Crippen LogP contribution in [0.15, 0.2) is 18.3 Å². The van der Waals surface area contributed by atoms with Crippen molar-refractivity contribution in [3.8, 4) is 0 Å². The van der Waals surface area contributed by atoms with E-state index >= 15 is 0 Å². The van der Waals surface area contributed by atoms with Gasteiger partial charge < -0.3 is 10.4 Å². The Kier molecular flexibility index (Phi) is 4.66. The highest BCUT2D eigenvalue weighted by Crippen LogP contribution is 2.26. The lowest BCUT2D eigenvalue weighted by Gasteiger charge is -2.06. The van der Waals surface area contributed by atoms with Crippen LogP contribution in [0.5, 0.6) is 0 Å². The summed E-state index contributed by atoms with van der Waals surface area (Å²) in [4.78, 5) is 32.9. The van der Waals surface area contributed by atoms with Gasteiger partial charge in [0.25, 0.3) is 5.91 Å². The van der Waals surface area contributed by atoms with E-state index in [0.29, 0.717) is 13.0 Å². The maximum Gasteiger partial charge on any atom is 0.335 e. The molecular weight excluding hydrogens is 314 g/mol. The summed E-state index contributed by atoms with van der Waals surface area (Å²) in [5.74, 6) is -1.44. The monoisotopic (exact) mass is 331 g/mol. The Morgan fingerprint density at radius 1 is 1.30 bits per heavy atom. The fraction of sp³-hybridized carbons (Fsp3) is 0.375. The molecule has 23 heavy (non-hydrogen) atoms. The van der Waals surface area contributed by atoms with Crippen LogP contribution >= 0.6 is 11.3 Å². The first-order valence-corrected chi connectivity index (χ1v) is 8.40. The number of nitrogens with zero attached hydrogens (tertiary/aromatic N) is 2. The van der Waals surface area contributed by atoms with Gasteiger partial charge in [0.15, 0.2) is 0 Å². The Morgan fingerprint density at radius 2 is 2.13 bits per heavy atom. The fourth-order valence-corrected chi connectivity index (χ4v) is 3.73. The standard InChI is InChI=1S/C16H17N3O3S/c20-15(12-9-10(16(21)22)5-7-17-12)18-8-6-14-19-11-3-1-2-4-13(11)23-14/h5,7,9H,1-4,6,8H2,(H,18,20)(H,21,22). The van der Waals surface area contributed by atoms with Gasteiger partial charge in [-0.15, -0.1) is 11.3 Å². The van der Waals surface area contributed by atoms with Crippen LogP contribution in [0.1, 0.15) is 49.3 Å². The Labute approximate surface area is 137 Å². The number of fused-ring (bicyclic) bond motifs is 1. The van der Waals surface area contributed by atoms with E-state index in [9.17, 15) is 9.59 Å². The molecule has 0 unspecified atom stereocenters. The average molecular weight is 331 g/mol. The van der Waals surface area contributed by atoms with Crippen molar-refractivity contribution in [3.05, 3.63) is 45.2 Å². The molecule has 7 heteroatoms. The average Bonchev–Trinajstić information content (AvgIpc) is 2.97. The molecule has 6 nitrogen and oxygen atoms in total. The minimum atomic E-state index is -1.07. The van der Waals surface area contributed by atoms with Crippen molar-refractivity contribution in [1.82, 2.24) is 15.3 Å². The van der Waals surface area contributed by atoms with Crippen LogP contribution in [0.25, 0.3) is 0 Å². The molecule has 0 saturated carbocycles. The number of rotatable bonds is 5. The molecule has 1 aliphatic carbocycles. The smallest absolute Gasteiger partial charge is 0.335 e. The number of carboxylic acids is 1. The summed E-state index contributed by atoms with van der Waals surface area (Å²) < 4.78 is 0. The molecule has 0 saturated heterocycles. The molecule has 2 heterocycles. The van der Waals surface area contributed by atoms with Crippen LogP contribution < -0.4 is 5.32 Å². The van der Waals surface area contributed by atoms with Gasteiger partial charge in [-0.3, -0.25) is 9.78 Å². The van der Waals surface area contributed by atoms with E-state index in [1.54, 1.807) is 11.3 Å². The predicted molar refractivity (Wildman–Crippen MR) is 86.0 cm³/mol. The maximum atomic E-state index is 12.0. The maximum absolute atomic E-state index is 12.0. The number of aromatic nitrogens is 2. The highest BCUT2D eigenvalue weighted by Gasteiger charge is 2.15. The van der Waals surface area contributed by atoms with E-state index in [4.69, 9.17) is 5.11 Å². The Balaban J connectivity index is 1.56. The van der Waals surface area contributed by atoms with Crippen molar-refractivity contribution in [2.75, 3.05) is 6.54 Å². The Morgan fingerprint density at radius 3 is 2.91 bits per heavy atom. The number of thiazole rings is 1. The van der Waals surface area contributed by atoms with Gasteiger partial charge in [-0.2, -0.15) is 0 Å². The Bertz CT molecular complexity index is 718. The van der Waals surface area contributed by atoms with Gasteiger partial charge in [0, 0.05) is 24.0 Å². The SMILES string of the molecule is O=C(O)c1ccnc(C(=O)NCCc2nc3c(s2)CCCC3)c1. The molecule has 2 aromatic heterocycles. The zero-order valence-electron chi connectivity index (χ0n) is 12.5. The largest absolute Gasteiger partial charge is 0.478 e. The molecule has 0 radical (unpaired) electrons. The zero-order valence-corrected chi connectivity index (χ0v) is 13.4. The summed E-state index contributed by atoms with van der Waals surface area (Å²) >= 11 is 1.73. The third-order valence-electron chi connectivity index (χ3n) is 3.75. The quantitative estimate of drug-likeness (QED) is 0.875. The number of hydrogen-bond donors (Lipinski definition) is 2. The van der Waals surface area contributed by atoms with Crippen LogP contribution in [-0.2, 0) is 19.3 Å². The highest BCUT2D eigenvalue weighted by atomic mass is 32.1. The zero-order chi connectivity index (χ0) is 16.2.